The van der Waals surface area contributed by atoms with Crippen LogP contribution in [0.5, 0.6) is 0 Å². The van der Waals surface area contributed by atoms with Gasteiger partial charge in [-0.3, -0.25) is 9.59 Å². The average molecular weight is 622 g/mol. The van der Waals surface area contributed by atoms with E-state index in [1.165, 1.54) is 4.90 Å². The first kappa shape index (κ1) is 34.5. The minimum Gasteiger partial charge on any atom is -0.458 e. The Hall–Kier alpha value is -3.97. The van der Waals surface area contributed by atoms with Gasteiger partial charge < -0.3 is 25.0 Å². The van der Waals surface area contributed by atoms with Crippen LogP contribution >= 0.6 is 12.6 Å². The van der Waals surface area contributed by atoms with Crippen molar-refractivity contribution in [2.75, 3.05) is 5.75 Å². The van der Waals surface area contributed by atoms with Crippen molar-refractivity contribution in [3.05, 3.63) is 71.3 Å². The summed E-state index contributed by atoms with van der Waals surface area (Å²) in [6.07, 6.45) is 6.54. The van der Waals surface area contributed by atoms with Crippen LogP contribution in [0.4, 0.5) is 4.79 Å². The lowest BCUT2D eigenvalue weighted by molar-refractivity contribution is -0.159. The van der Waals surface area contributed by atoms with E-state index in [0.717, 1.165) is 5.56 Å². The predicted molar refractivity (Wildman–Crippen MR) is 172 cm³/mol. The molecule has 2 aromatic carbocycles. The first-order valence-electron chi connectivity index (χ1n) is 14.7. The molecule has 3 unspecified atom stereocenters. The Bertz CT molecular complexity index is 1370. The number of terminal acetylenes is 1. The van der Waals surface area contributed by atoms with Gasteiger partial charge in [0.15, 0.2) is 0 Å². The molecular weight excluding hydrogens is 578 g/mol. The van der Waals surface area contributed by atoms with Crippen LogP contribution in [0.25, 0.3) is 0 Å². The molecule has 9 nitrogen and oxygen atoms in total. The quantitative estimate of drug-likeness (QED) is 0.192. The second-order valence-electron chi connectivity index (χ2n) is 12.8. The number of thiol groups is 1. The molecule has 3 amide bonds. The molecule has 1 aliphatic carbocycles. The predicted octanol–water partition coefficient (Wildman–Crippen LogP) is 4.59. The number of amides is 3. The summed E-state index contributed by atoms with van der Waals surface area (Å²) in [4.78, 5) is 56.0. The first-order valence-corrected chi connectivity index (χ1v) is 15.3. The maximum Gasteiger partial charge on any atom is 0.408 e. The smallest absolute Gasteiger partial charge is 0.408 e. The number of benzene rings is 2. The van der Waals surface area contributed by atoms with Gasteiger partial charge in [0.2, 0.25) is 11.8 Å². The molecule has 236 valence electrons. The highest BCUT2D eigenvalue weighted by molar-refractivity contribution is 7.80. The van der Waals surface area contributed by atoms with E-state index in [2.05, 4.69) is 29.2 Å². The molecule has 0 heterocycles. The maximum absolute atomic E-state index is 14.4. The third-order valence-corrected chi connectivity index (χ3v) is 6.96. The summed E-state index contributed by atoms with van der Waals surface area (Å²) in [6, 6.07) is 12.5. The lowest BCUT2D eigenvalue weighted by atomic mass is 9.96. The van der Waals surface area contributed by atoms with E-state index in [1.54, 1.807) is 65.8 Å². The topological polar surface area (TPSA) is 114 Å². The molecule has 2 N–H and O–H groups in total. The van der Waals surface area contributed by atoms with E-state index in [4.69, 9.17) is 15.9 Å². The second kappa shape index (κ2) is 14.7. The molecule has 1 saturated carbocycles. The van der Waals surface area contributed by atoms with Gasteiger partial charge in [-0.2, -0.15) is 12.6 Å². The molecule has 1 fully saturated rings. The molecule has 0 radical (unpaired) electrons. The molecule has 44 heavy (non-hydrogen) atoms. The Kier molecular flexibility index (Phi) is 11.5. The summed E-state index contributed by atoms with van der Waals surface area (Å²) in [6.45, 7) is 10.4. The lowest BCUT2D eigenvalue weighted by Gasteiger charge is -2.35. The number of nitrogens with zero attached hydrogens (tertiary/aromatic N) is 1. The molecule has 3 atom stereocenters. The third-order valence-electron chi connectivity index (χ3n) is 6.59. The SMILES string of the molecule is C#Cc1ccccc1C(C(=O)NC(Cc1ccccc1)C(=O)OC(C)(C)C)N(C(=O)C(CS)NC(=O)OC(C)(C)C)C1CC1. The zero-order chi connectivity index (χ0) is 32.7. The summed E-state index contributed by atoms with van der Waals surface area (Å²) in [7, 11) is 0. The number of esters is 1. The monoisotopic (exact) mass is 621 g/mol. The van der Waals surface area contributed by atoms with E-state index in [1.807, 2.05) is 30.3 Å². The number of nitrogens with one attached hydrogen (secondary N) is 2. The summed E-state index contributed by atoms with van der Waals surface area (Å²) in [5.41, 5.74) is 0.0794. The van der Waals surface area contributed by atoms with E-state index < -0.39 is 53.2 Å². The minimum atomic E-state index is -1.20. The van der Waals surface area contributed by atoms with E-state index >= 15 is 0 Å². The first-order chi connectivity index (χ1) is 20.6. The van der Waals surface area contributed by atoms with Gasteiger partial charge >= 0.3 is 12.1 Å². The van der Waals surface area contributed by atoms with Crippen LogP contribution in [-0.4, -0.2) is 63.9 Å². The maximum atomic E-state index is 14.4. The van der Waals surface area contributed by atoms with Crippen molar-refractivity contribution in [2.24, 2.45) is 0 Å². The van der Waals surface area contributed by atoms with Crippen LogP contribution < -0.4 is 10.6 Å². The van der Waals surface area contributed by atoms with Gasteiger partial charge in [0.05, 0.1) is 0 Å². The fourth-order valence-corrected chi connectivity index (χ4v) is 4.88. The van der Waals surface area contributed by atoms with E-state index in [9.17, 15) is 19.2 Å². The Morgan fingerprint density at radius 1 is 0.909 bits per heavy atom. The van der Waals surface area contributed by atoms with Crippen molar-refractivity contribution in [3.8, 4) is 12.3 Å². The number of hydrogen-bond donors (Lipinski definition) is 3. The van der Waals surface area contributed by atoms with Crippen molar-refractivity contribution in [1.29, 1.82) is 0 Å². The fourth-order valence-electron chi connectivity index (χ4n) is 4.64. The highest BCUT2D eigenvalue weighted by atomic mass is 32.1. The highest BCUT2D eigenvalue weighted by Gasteiger charge is 2.45. The molecule has 2 aromatic rings. The molecule has 10 heteroatoms. The number of rotatable bonds is 11. The van der Waals surface area contributed by atoms with Crippen molar-refractivity contribution in [1.82, 2.24) is 15.5 Å². The van der Waals surface area contributed by atoms with Crippen LogP contribution in [-0.2, 0) is 30.3 Å². The number of carbonyl (C=O) groups is 4. The number of hydrogen-bond acceptors (Lipinski definition) is 7. The molecule has 0 aromatic heterocycles. The Morgan fingerprint density at radius 2 is 1.50 bits per heavy atom. The second-order valence-corrected chi connectivity index (χ2v) is 13.1. The van der Waals surface area contributed by atoms with Gasteiger partial charge in [0.25, 0.3) is 0 Å². The van der Waals surface area contributed by atoms with Crippen molar-refractivity contribution < 1.29 is 28.7 Å². The minimum absolute atomic E-state index is 0.0407. The van der Waals surface area contributed by atoms with Crippen molar-refractivity contribution in [3.63, 3.8) is 0 Å². The zero-order valence-corrected chi connectivity index (χ0v) is 27.1. The molecule has 1 aliphatic rings. The summed E-state index contributed by atoms with van der Waals surface area (Å²) in [5, 5.41) is 5.48. The van der Waals surface area contributed by atoms with E-state index in [0.29, 0.717) is 24.0 Å². The van der Waals surface area contributed by atoms with E-state index in [-0.39, 0.29) is 18.2 Å². The van der Waals surface area contributed by atoms with Crippen LogP contribution in [0.15, 0.2) is 54.6 Å². The number of carbonyl (C=O) groups excluding carboxylic acids is 4. The number of alkyl carbamates (subject to hydrolysis) is 1. The fraction of sp³-hybridized carbons (Fsp3) is 0.471. The van der Waals surface area contributed by atoms with Gasteiger partial charge in [-0.15, -0.1) is 6.42 Å². The Morgan fingerprint density at radius 3 is 2.05 bits per heavy atom. The van der Waals surface area contributed by atoms with Gasteiger partial charge in [-0.05, 0) is 71.6 Å². The Balaban J connectivity index is 2.03. The lowest BCUT2D eigenvalue weighted by Crippen LogP contribution is -2.56. The Labute approximate surface area is 265 Å². The van der Waals surface area contributed by atoms with Gasteiger partial charge in [0.1, 0.15) is 29.3 Å². The molecule has 0 bridgehead atoms. The van der Waals surface area contributed by atoms with Crippen LogP contribution in [0.2, 0.25) is 0 Å². The average Bonchev–Trinajstić information content (AvgIpc) is 3.77. The van der Waals surface area contributed by atoms with Crippen LogP contribution in [0.3, 0.4) is 0 Å². The van der Waals surface area contributed by atoms with Crippen molar-refractivity contribution >= 4 is 36.5 Å². The van der Waals surface area contributed by atoms with Gasteiger partial charge in [0, 0.05) is 23.8 Å². The van der Waals surface area contributed by atoms with Gasteiger partial charge in [-0.1, -0.05) is 54.5 Å². The standard InChI is InChI=1S/C34H43N3O6S/c1-8-23-16-12-13-17-25(23)28(37(24-18-19-24)30(39)27(21-44)36-32(41)43-34(5,6)7)29(38)35-26(31(40)42-33(2,3)4)20-22-14-10-9-11-15-22/h1,9-17,24,26-28,44H,18-21H2,2-7H3,(H,35,38)(H,36,41). The molecule has 0 aliphatic heterocycles. The summed E-state index contributed by atoms with van der Waals surface area (Å²) in [5.74, 6) is 0.850. The van der Waals surface area contributed by atoms with Gasteiger partial charge in [-0.25, -0.2) is 9.59 Å². The molecule has 0 spiro atoms. The normalized spacial score (nSPS) is 15.1. The molecule has 3 rings (SSSR count). The van der Waals surface area contributed by atoms with Crippen molar-refractivity contribution in [2.45, 2.75) is 96.2 Å². The largest absolute Gasteiger partial charge is 0.458 e. The molecule has 0 saturated heterocycles. The summed E-state index contributed by atoms with van der Waals surface area (Å²) >= 11 is 4.34. The summed E-state index contributed by atoms with van der Waals surface area (Å²) < 4.78 is 11.0. The zero-order valence-electron chi connectivity index (χ0n) is 26.3. The number of ether oxygens (including phenoxy) is 2. The van der Waals surface area contributed by atoms with Crippen LogP contribution in [0.1, 0.15) is 77.1 Å². The van der Waals surface area contributed by atoms with Crippen LogP contribution in [0, 0.1) is 12.3 Å². The highest BCUT2D eigenvalue weighted by Crippen LogP contribution is 2.37. The molecular formula is C34H43N3O6S. The third kappa shape index (κ3) is 10.1.